The standard InChI is InChI=1S/C16H15BrN2O4/c1-2-7-19-11-8-10(3-4-12(11)22-9-15(19)20)18-16(21)13-5-6-14(17)23-13/h3-6,8H,2,7,9H2,1H3,(H,18,21). The molecular formula is C16H15BrN2O4. The average molecular weight is 379 g/mol. The predicted octanol–water partition coefficient (Wildman–Crippen LogP) is 3.43. The number of nitrogens with zero attached hydrogens (tertiary/aromatic N) is 1. The minimum Gasteiger partial charge on any atom is -0.482 e. The zero-order valence-electron chi connectivity index (χ0n) is 12.5. The molecule has 0 saturated carbocycles. The Kier molecular flexibility index (Phi) is 4.38. The third-order valence-electron chi connectivity index (χ3n) is 3.40. The topological polar surface area (TPSA) is 71.8 Å². The number of fused-ring (bicyclic) bond motifs is 1. The van der Waals surface area contributed by atoms with Crippen LogP contribution in [-0.2, 0) is 4.79 Å². The summed E-state index contributed by atoms with van der Waals surface area (Å²) in [6.45, 7) is 2.65. The van der Waals surface area contributed by atoms with E-state index in [4.69, 9.17) is 9.15 Å². The first-order valence-corrected chi connectivity index (χ1v) is 8.01. The minimum absolute atomic E-state index is 0.0408. The number of hydrogen-bond donors (Lipinski definition) is 1. The van der Waals surface area contributed by atoms with Gasteiger partial charge in [0.05, 0.1) is 5.69 Å². The van der Waals surface area contributed by atoms with Gasteiger partial charge in [-0.25, -0.2) is 0 Å². The van der Waals surface area contributed by atoms with E-state index in [2.05, 4.69) is 21.2 Å². The van der Waals surface area contributed by atoms with E-state index in [1.54, 1.807) is 35.2 Å². The highest BCUT2D eigenvalue weighted by atomic mass is 79.9. The molecule has 2 amide bonds. The van der Waals surface area contributed by atoms with Crippen molar-refractivity contribution in [3.8, 4) is 5.75 Å². The Labute approximate surface area is 141 Å². The summed E-state index contributed by atoms with van der Waals surface area (Å²) in [6.07, 6.45) is 0.836. The lowest BCUT2D eigenvalue weighted by Crippen LogP contribution is -2.39. The van der Waals surface area contributed by atoms with Gasteiger partial charge in [-0.2, -0.15) is 0 Å². The van der Waals surface area contributed by atoms with Crippen molar-refractivity contribution >= 4 is 39.1 Å². The number of furan rings is 1. The van der Waals surface area contributed by atoms with Gasteiger partial charge in [0, 0.05) is 12.2 Å². The molecule has 7 heteroatoms. The summed E-state index contributed by atoms with van der Waals surface area (Å²) in [4.78, 5) is 25.8. The van der Waals surface area contributed by atoms with Crippen molar-refractivity contribution in [1.82, 2.24) is 0 Å². The molecule has 0 saturated heterocycles. The highest BCUT2D eigenvalue weighted by Gasteiger charge is 2.25. The average Bonchev–Trinajstić information content (AvgIpc) is 2.97. The molecule has 0 bridgehead atoms. The first kappa shape index (κ1) is 15.6. The smallest absolute Gasteiger partial charge is 0.291 e. The maximum absolute atomic E-state index is 12.1. The molecule has 120 valence electrons. The second-order valence-electron chi connectivity index (χ2n) is 5.07. The van der Waals surface area contributed by atoms with E-state index >= 15 is 0 Å². The van der Waals surface area contributed by atoms with Crippen LogP contribution in [0.15, 0.2) is 39.4 Å². The van der Waals surface area contributed by atoms with E-state index < -0.39 is 0 Å². The highest BCUT2D eigenvalue weighted by Crippen LogP contribution is 2.34. The number of carbonyl (C=O) groups is 2. The Bertz CT molecular complexity index is 756. The van der Waals surface area contributed by atoms with E-state index in [0.29, 0.717) is 28.3 Å². The van der Waals surface area contributed by atoms with Crippen molar-refractivity contribution in [1.29, 1.82) is 0 Å². The molecule has 0 spiro atoms. The molecule has 3 rings (SSSR count). The number of hydrogen-bond acceptors (Lipinski definition) is 4. The third-order valence-corrected chi connectivity index (χ3v) is 3.83. The van der Waals surface area contributed by atoms with Crippen LogP contribution in [0.3, 0.4) is 0 Å². The second kappa shape index (κ2) is 6.45. The summed E-state index contributed by atoms with van der Waals surface area (Å²) in [5.74, 6) is 0.391. The summed E-state index contributed by atoms with van der Waals surface area (Å²) >= 11 is 3.16. The third kappa shape index (κ3) is 3.24. The Hall–Kier alpha value is -2.28. The van der Waals surface area contributed by atoms with Crippen molar-refractivity contribution in [2.75, 3.05) is 23.4 Å². The zero-order chi connectivity index (χ0) is 16.4. The normalized spacial score (nSPS) is 13.5. The molecule has 0 radical (unpaired) electrons. The number of benzene rings is 1. The lowest BCUT2D eigenvalue weighted by atomic mass is 10.2. The van der Waals surface area contributed by atoms with Crippen molar-refractivity contribution < 1.29 is 18.7 Å². The molecule has 2 heterocycles. The number of carbonyl (C=O) groups excluding carboxylic acids is 2. The number of nitrogens with one attached hydrogen (secondary N) is 1. The van der Waals surface area contributed by atoms with E-state index in [1.165, 1.54) is 0 Å². The monoisotopic (exact) mass is 378 g/mol. The Balaban J connectivity index is 1.85. The van der Waals surface area contributed by atoms with E-state index in [9.17, 15) is 9.59 Å². The number of ether oxygens (including phenoxy) is 1. The SMILES string of the molecule is CCCN1C(=O)COc2ccc(NC(=O)c3ccc(Br)o3)cc21. The van der Waals surface area contributed by atoms with Gasteiger partial charge in [0.1, 0.15) is 5.75 Å². The fourth-order valence-electron chi connectivity index (χ4n) is 2.38. The van der Waals surface area contributed by atoms with Gasteiger partial charge in [-0.1, -0.05) is 6.92 Å². The van der Waals surface area contributed by atoms with Crippen LogP contribution in [0.5, 0.6) is 5.75 Å². The number of anilines is 2. The summed E-state index contributed by atoms with van der Waals surface area (Å²) in [6, 6.07) is 8.44. The largest absolute Gasteiger partial charge is 0.482 e. The van der Waals surface area contributed by atoms with Crippen molar-refractivity contribution in [3.05, 3.63) is 40.8 Å². The van der Waals surface area contributed by atoms with Gasteiger partial charge in [0.2, 0.25) is 0 Å². The molecule has 6 nitrogen and oxygen atoms in total. The first-order valence-electron chi connectivity index (χ1n) is 7.22. The van der Waals surface area contributed by atoms with Gasteiger partial charge < -0.3 is 19.4 Å². The molecule has 1 aliphatic rings. The lowest BCUT2D eigenvalue weighted by molar-refractivity contribution is -0.121. The summed E-state index contributed by atoms with van der Waals surface area (Å²) in [5.41, 5.74) is 1.24. The van der Waals surface area contributed by atoms with E-state index in [0.717, 1.165) is 6.42 Å². The highest BCUT2D eigenvalue weighted by molar-refractivity contribution is 9.10. The first-order chi connectivity index (χ1) is 11.1. The molecule has 0 aliphatic carbocycles. The van der Waals surface area contributed by atoms with Crippen molar-refractivity contribution in [2.45, 2.75) is 13.3 Å². The van der Waals surface area contributed by atoms with Gasteiger partial charge in [-0.15, -0.1) is 0 Å². The molecule has 2 aromatic rings. The number of amides is 2. The molecular weight excluding hydrogens is 364 g/mol. The zero-order valence-corrected chi connectivity index (χ0v) is 14.1. The molecule has 0 atom stereocenters. The minimum atomic E-state index is -0.360. The van der Waals surface area contributed by atoms with Crippen LogP contribution in [-0.4, -0.2) is 25.0 Å². The summed E-state index contributed by atoms with van der Waals surface area (Å²) in [5, 5.41) is 2.75. The van der Waals surface area contributed by atoms with Crippen LogP contribution in [0.1, 0.15) is 23.9 Å². The number of rotatable bonds is 4. The van der Waals surface area contributed by atoms with Gasteiger partial charge in [-0.3, -0.25) is 9.59 Å². The van der Waals surface area contributed by atoms with Crippen LogP contribution in [0.25, 0.3) is 0 Å². The van der Waals surface area contributed by atoms with Crippen LogP contribution in [0, 0.1) is 0 Å². The Morgan fingerprint density at radius 2 is 2.17 bits per heavy atom. The molecule has 0 unspecified atom stereocenters. The van der Waals surface area contributed by atoms with Gasteiger partial charge in [-0.05, 0) is 52.7 Å². The summed E-state index contributed by atoms with van der Waals surface area (Å²) in [7, 11) is 0. The Morgan fingerprint density at radius 3 is 2.87 bits per heavy atom. The summed E-state index contributed by atoms with van der Waals surface area (Å²) < 4.78 is 11.1. The van der Waals surface area contributed by atoms with E-state index in [-0.39, 0.29) is 24.2 Å². The maximum Gasteiger partial charge on any atom is 0.291 e. The van der Waals surface area contributed by atoms with Crippen LogP contribution >= 0.6 is 15.9 Å². The quantitative estimate of drug-likeness (QED) is 0.884. The molecule has 1 N–H and O–H groups in total. The molecule has 1 aliphatic heterocycles. The Morgan fingerprint density at radius 1 is 1.35 bits per heavy atom. The molecule has 23 heavy (non-hydrogen) atoms. The van der Waals surface area contributed by atoms with Crippen LogP contribution in [0.2, 0.25) is 0 Å². The lowest BCUT2D eigenvalue weighted by Gasteiger charge is -2.29. The van der Waals surface area contributed by atoms with Crippen LogP contribution < -0.4 is 15.0 Å². The van der Waals surface area contributed by atoms with Gasteiger partial charge >= 0.3 is 0 Å². The second-order valence-corrected chi connectivity index (χ2v) is 5.86. The van der Waals surface area contributed by atoms with E-state index in [1.807, 2.05) is 6.92 Å². The fraction of sp³-hybridized carbons (Fsp3) is 0.250. The molecule has 0 fully saturated rings. The number of halogens is 1. The van der Waals surface area contributed by atoms with Crippen molar-refractivity contribution in [3.63, 3.8) is 0 Å². The fourth-order valence-corrected chi connectivity index (χ4v) is 2.68. The predicted molar refractivity (Wildman–Crippen MR) is 88.9 cm³/mol. The van der Waals surface area contributed by atoms with Crippen molar-refractivity contribution in [2.24, 2.45) is 0 Å². The molecule has 1 aromatic heterocycles. The maximum atomic E-state index is 12.1. The van der Waals surface area contributed by atoms with Gasteiger partial charge in [0.15, 0.2) is 17.0 Å². The van der Waals surface area contributed by atoms with Gasteiger partial charge in [0.25, 0.3) is 11.8 Å². The molecule has 1 aromatic carbocycles. The van der Waals surface area contributed by atoms with Crippen LogP contribution in [0.4, 0.5) is 11.4 Å².